The van der Waals surface area contributed by atoms with E-state index in [1.807, 2.05) is 97.9 Å². The van der Waals surface area contributed by atoms with Gasteiger partial charge in [0.05, 0.1) is 76.6 Å². The summed E-state index contributed by atoms with van der Waals surface area (Å²) in [4.78, 5) is 134. The van der Waals surface area contributed by atoms with Crippen molar-refractivity contribution in [1.82, 2.24) is 29.7 Å². The first-order valence-corrected chi connectivity index (χ1v) is 36.3. The SMILES string of the molecule is CCOC(=O)c1cnc2c3ccc(C(=O)Oc4c(Cl)cc(Cl)cc4Cl)c4c(CC)cnc(c5ccc(C(=O)Oc6c(Cl)cc(Cl)cc6Cl)c1c52)c43.NCCc1ccccc1.O=C1c2ccc3c4ncc5c6c(ccc(c7ncc(c2c37)C(=O)N1CCc1ccccc1)c64)C(=O)N(CCc1ccccc1)C5=O.O=C=O. The van der Waals surface area contributed by atoms with Crippen LogP contribution in [0.15, 0.2) is 189 Å². The third-order valence-electron chi connectivity index (χ3n) is 19.0. The third kappa shape index (κ3) is 13.7. The Labute approximate surface area is 649 Å². The molecule has 4 aromatic heterocycles. The van der Waals surface area contributed by atoms with Crippen molar-refractivity contribution in [2.24, 2.45) is 5.73 Å². The molecule has 0 radical (unpaired) electrons. The highest BCUT2D eigenvalue weighted by molar-refractivity contribution is 6.43. The van der Waals surface area contributed by atoms with Gasteiger partial charge in [0.1, 0.15) is 0 Å². The fourth-order valence-electron chi connectivity index (χ4n) is 14.2. The largest absolute Gasteiger partial charge is 0.462 e. The van der Waals surface area contributed by atoms with Gasteiger partial charge in [-0.3, -0.25) is 48.9 Å². The number of halogens is 6. The van der Waals surface area contributed by atoms with E-state index >= 15 is 0 Å². The first-order chi connectivity index (χ1) is 52.8. The van der Waals surface area contributed by atoms with Crippen LogP contribution in [0.4, 0.5) is 0 Å². The summed E-state index contributed by atoms with van der Waals surface area (Å²) in [5, 5.41) is 7.64. The lowest BCUT2D eigenvalue weighted by Gasteiger charge is -2.29. The van der Waals surface area contributed by atoms with Crippen LogP contribution in [0.3, 0.4) is 0 Å². The average molecular weight is 1570 g/mol. The van der Waals surface area contributed by atoms with Crippen LogP contribution in [-0.2, 0) is 40.0 Å². The molecule has 540 valence electrons. The number of aryl methyl sites for hydroxylation is 1. The Kier molecular flexibility index (Phi) is 21.3. The smallest absolute Gasteiger partial charge is 0.373 e. The summed E-state index contributed by atoms with van der Waals surface area (Å²) in [6.45, 7) is 4.93. The number of nitrogens with two attached hydrogens (primary N) is 1. The molecule has 0 fully saturated rings. The van der Waals surface area contributed by atoms with E-state index in [2.05, 4.69) is 12.1 Å². The number of amides is 4. The molecule has 11 aromatic carbocycles. The molecule has 17 rings (SSSR count). The zero-order chi connectivity index (χ0) is 76.6. The van der Waals surface area contributed by atoms with E-state index < -0.39 is 17.9 Å². The number of pyridine rings is 4. The number of ether oxygens (including phenoxy) is 3. The fraction of sp³-hybridized carbons (Fsp3) is 0.119. The van der Waals surface area contributed by atoms with Gasteiger partial charge in [0.25, 0.3) is 23.6 Å². The number of nitrogens with zero attached hydrogens (tertiary/aromatic N) is 6. The Morgan fingerprint density at radius 1 is 0.404 bits per heavy atom. The van der Waals surface area contributed by atoms with Crippen LogP contribution in [-0.4, -0.2) is 104 Å². The lowest BCUT2D eigenvalue weighted by Crippen LogP contribution is -2.41. The third-order valence-corrected chi connectivity index (χ3v) is 20.5. The van der Waals surface area contributed by atoms with Gasteiger partial charge in [0.15, 0.2) is 11.5 Å². The van der Waals surface area contributed by atoms with Crippen molar-refractivity contribution in [2.45, 2.75) is 39.5 Å². The predicted molar refractivity (Wildman–Crippen MR) is 420 cm³/mol. The van der Waals surface area contributed by atoms with Crippen molar-refractivity contribution in [3.63, 3.8) is 0 Å². The van der Waals surface area contributed by atoms with Crippen LogP contribution in [0.1, 0.15) is 109 Å². The number of benzene rings is 11. The van der Waals surface area contributed by atoms with Crippen LogP contribution in [0.5, 0.6) is 11.5 Å². The highest BCUT2D eigenvalue weighted by atomic mass is 35.5. The molecule has 4 amide bonds. The number of rotatable bonds is 15. The second-order valence-corrected chi connectivity index (χ2v) is 27.7. The molecule has 19 nitrogen and oxygen atoms in total. The first-order valence-electron chi connectivity index (χ1n) is 34.1. The van der Waals surface area contributed by atoms with Gasteiger partial charge in [-0.05, 0) is 110 Å². The maximum Gasteiger partial charge on any atom is 0.373 e. The van der Waals surface area contributed by atoms with Gasteiger partial charge in [-0.2, -0.15) is 9.59 Å². The van der Waals surface area contributed by atoms with Gasteiger partial charge in [0.2, 0.25) is 0 Å². The topological polar surface area (TPSA) is 265 Å². The second-order valence-electron chi connectivity index (χ2n) is 25.2. The summed E-state index contributed by atoms with van der Waals surface area (Å²) in [7, 11) is 0. The fourth-order valence-corrected chi connectivity index (χ4v) is 16.0. The van der Waals surface area contributed by atoms with E-state index in [0.29, 0.717) is 123 Å². The maximum atomic E-state index is 13.9. The molecule has 0 saturated heterocycles. The molecule has 2 aliphatic heterocycles. The Bertz CT molecular complexity index is 5950. The van der Waals surface area contributed by atoms with E-state index in [4.69, 9.17) is 119 Å². The van der Waals surface area contributed by atoms with Crippen molar-refractivity contribution >= 4 is 204 Å². The number of hydrogen-bond acceptors (Lipinski definition) is 17. The Morgan fingerprint density at radius 2 is 0.752 bits per heavy atom. The predicted octanol–water partition coefficient (Wildman–Crippen LogP) is 18.4. The van der Waals surface area contributed by atoms with Gasteiger partial charge >= 0.3 is 24.1 Å². The molecule has 0 saturated carbocycles. The molecule has 0 aliphatic carbocycles. The van der Waals surface area contributed by atoms with Crippen LogP contribution >= 0.6 is 69.6 Å². The minimum atomic E-state index is -0.849. The molecule has 109 heavy (non-hydrogen) atoms. The number of fused-ring (bicyclic) bond motifs is 4. The lowest BCUT2D eigenvalue weighted by molar-refractivity contribution is -0.191. The molecular weight excluding hydrogens is 1510 g/mol. The minimum Gasteiger partial charge on any atom is -0.462 e. The van der Waals surface area contributed by atoms with Crippen molar-refractivity contribution in [3.8, 4) is 11.5 Å². The van der Waals surface area contributed by atoms with E-state index in [-0.39, 0.29) is 113 Å². The highest BCUT2D eigenvalue weighted by Gasteiger charge is 2.38. The van der Waals surface area contributed by atoms with E-state index in [1.54, 1.807) is 55.8 Å². The summed E-state index contributed by atoms with van der Waals surface area (Å²) in [6.07, 6.45) is 8.97. The summed E-state index contributed by atoms with van der Waals surface area (Å²) < 4.78 is 16.8. The lowest BCUT2D eigenvalue weighted by atomic mass is 9.86. The van der Waals surface area contributed by atoms with Crippen LogP contribution < -0.4 is 15.2 Å². The normalized spacial score (nSPS) is 12.4. The summed E-state index contributed by atoms with van der Waals surface area (Å²) in [6, 6.07) is 49.1. The number of aromatic nitrogens is 4. The maximum absolute atomic E-state index is 13.9. The number of imide groups is 2. The number of esters is 3. The Morgan fingerprint density at radius 3 is 1.15 bits per heavy atom. The zero-order valence-corrected chi connectivity index (χ0v) is 62.0. The highest BCUT2D eigenvalue weighted by Crippen LogP contribution is 2.48. The summed E-state index contributed by atoms with van der Waals surface area (Å²) >= 11 is 37.4. The standard InChI is InChI=1S/C38H24N4O4.C37H20Cl6N2O6.C8H11N.CO2/c43-35-25-13-11-23-31-29(25)27(37(45)41(35)17-15-21-7-3-1-4-8-21)19-39-33(31)24-12-14-26-30-28(20-40-34(23)32(24)30)38(46)42(36(26)44)18-16-22-9-5-2-6-10-22;1-3-15-13-44-31-19-6-8-21(37(48)51-34-25(42)11-17(39)12-26(34)43)28-22(35(46)49-4-2)14-45-32(30(19)28)18-5-7-20(27(15)29(18)31)36(47)50-33-23(40)9-16(38)10-24(33)41;9-7-6-8-4-2-1-3-5-8;2-1-3/h1-14,19-20H,15-18H2;5-14H,3-4H2,1-2H3;1-5H,6-7,9H2;. The molecule has 15 aromatic rings. The molecule has 6 heterocycles. The zero-order valence-electron chi connectivity index (χ0n) is 57.5. The molecule has 0 atom stereocenters. The van der Waals surface area contributed by atoms with Gasteiger partial charge in [-0.15, -0.1) is 0 Å². The molecule has 2 N–H and O–H groups in total. The molecular formula is C84H55Cl6N7O12. The van der Waals surface area contributed by atoms with Gasteiger partial charge in [-0.25, -0.2) is 14.4 Å². The average Bonchev–Trinajstić information content (AvgIpc) is 0.697. The number of hydrogen-bond donors (Lipinski definition) is 1. The molecule has 2 aliphatic rings. The molecule has 0 bridgehead atoms. The monoisotopic (exact) mass is 1560 g/mol. The van der Waals surface area contributed by atoms with E-state index in [1.165, 1.54) is 51.9 Å². The van der Waals surface area contributed by atoms with Crippen LogP contribution in [0, 0.1) is 0 Å². The van der Waals surface area contributed by atoms with E-state index in [9.17, 15) is 33.6 Å². The molecule has 0 unspecified atom stereocenters. The van der Waals surface area contributed by atoms with Gasteiger partial charge < -0.3 is 19.9 Å². The molecule has 0 spiro atoms. The van der Waals surface area contributed by atoms with E-state index in [0.717, 1.165) is 29.7 Å². The number of carbonyl (C=O) groups excluding carboxylic acids is 9. The number of carbonyl (C=O) groups is 7. The van der Waals surface area contributed by atoms with Crippen molar-refractivity contribution in [3.05, 3.63) is 280 Å². The summed E-state index contributed by atoms with van der Waals surface area (Å²) in [5.41, 5.74) is 13.5. The van der Waals surface area contributed by atoms with Crippen molar-refractivity contribution < 1.29 is 57.4 Å². The summed E-state index contributed by atoms with van der Waals surface area (Å²) in [5.74, 6) is -3.83. The first kappa shape index (κ1) is 74.3. The van der Waals surface area contributed by atoms with Crippen LogP contribution in [0.2, 0.25) is 30.1 Å². The van der Waals surface area contributed by atoms with Gasteiger partial charge in [-0.1, -0.05) is 192 Å². The minimum absolute atomic E-state index is 0.0160. The van der Waals surface area contributed by atoms with Crippen molar-refractivity contribution in [1.29, 1.82) is 0 Å². The second kappa shape index (κ2) is 31.3. The van der Waals surface area contributed by atoms with Crippen LogP contribution in [0.25, 0.3) is 86.7 Å². The van der Waals surface area contributed by atoms with Gasteiger partial charge in [0, 0.05) is 124 Å². The molecule has 25 heteroatoms. The Balaban J connectivity index is 0.000000158. The van der Waals surface area contributed by atoms with Crippen molar-refractivity contribution in [2.75, 3.05) is 26.2 Å². The quantitative estimate of drug-likeness (QED) is 0.0328. The Hall–Kier alpha value is -11.6.